The first-order valence-corrected chi connectivity index (χ1v) is 14.8. The number of hydrogen-bond acceptors (Lipinski definition) is 3. The summed E-state index contributed by atoms with van der Waals surface area (Å²) in [6.45, 7) is 0. The van der Waals surface area contributed by atoms with Gasteiger partial charge in [0.15, 0.2) is 5.82 Å². The molecule has 8 aromatic rings. The summed E-state index contributed by atoms with van der Waals surface area (Å²) in [6, 6.07) is 56.7. The molecule has 0 aliphatic rings. The van der Waals surface area contributed by atoms with E-state index in [1.54, 1.807) is 0 Å². The Morgan fingerprint density at radius 2 is 0.841 bits per heavy atom. The quantitative estimate of drug-likeness (QED) is 0.196. The lowest BCUT2D eigenvalue weighted by Gasteiger charge is -2.13. The van der Waals surface area contributed by atoms with Crippen LogP contribution in [0.4, 0.5) is 0 Å². The molecule has 0 radical (unpaired) electrons. The van der Waals surface area contributed by atoms with Gasteiger partial charge in [-0.2, -0.15) is 0 Å². The van der Waals surface area contributed by atoms with Gasteiger partial charge in [-0.05, 0) is 40.1 Å². The van der Waals surface area contributed by atoms with Gasteiger partial charge in [0, 0.05) is 27.6 Å². The van der Waals surface area contributed by atoms with Gasteiger partial charge in [-0.1, -0.05) is 146 Å². The summed E-state index contributed by atoms with van der Waals surface area (Å²) in [5.74, 6) is 0.694. The summed E-state index contributed by atoms with van der Waals surface area (Å²) >= 11 is 0. The molecular weight excluding hydrogens is 534 g/mol. The molecule has 0 amide bonds. The molecule has 8 rings (SSSR count). The molecule has 0 unspecified atom stereocenters. The molecule has 0 aliphatic heterocycles. The van der Waals surface area contributed by atoms with E-state index in [2.05, 4.69) is 127 Å². The van der Waals surface area contributed by atoms with E-state index < -0.39 is 0 Å². The van der Waals surface area contributed by atoms with Crippen LogP contribution in [0.2, 0.25) is 0 Å². The van der Waals surface area contributed by atoms with Crippen LogP contribution < -0.4 is 0 Å². The van der Waals surface area contributed by atoms with Crippen LogP contribution >= 0.6 is 0 Å². The Morgan fingerprint density at radius 1 is 0.341 bits per heavy atom. The molecule has 0 saturated heterocycles. The summed E-state index contributed by atoms with van der Waals surface area (Å²) in [6.07, 6.45) is 0. The van der Waals surface area contributed by atoms with E-state index >= 15 is 0 Å². The molecule has 6 aromatic carbocycles. The van der Waals surface area contributed by atoms with Gasteiger partial charge in [0.25, 0.3) is 0 Å². The fourth-order valence-corrected chi connectivity index (χ4v) is 5.88. The van der Waals surface area contributed by atoms with Crippen molar-refractivity contribution in [2.75, 3.05) is 0 Å². The van der Waals surface area contributed by atoms with Crippen molar-refractivity contribution >= 4 is 21.7 Å². The molecule has 44 heavy (non-hydrogen) atoms. The van der Waals surface area contributed by atoms with E-state index in [0.717, 1.165) is 44.9 Å². The Labute approximate surface area is 256 Å². The molecule has 0 atom stereocenters. The van der Waals surface area contributed by atoms with E-state index in [9.17, 15) is 0 Å². The molecule has 0 saturated carbocycles. The summed E-state index contributed by atoms with van der Waals surface area (Å²) in [7, 11) is 0. The van der Waals surface area contributed by atoms with Crippen molar-refractivity contribution in [2.45, 2.75) is 0 Å². The molecular formula is C41H27N3. The van der Waals surface area contributed by atoms with Gasteiger partial charge in [-0.25, -0.2) is 15.0 Å². The fraction of sp³-hybridized carbons (Fsp3) is 0. The monoisotopic (exact) mass is 561 g/mol. The average molecular weight is 562 g/mol. The van der Waals surface area contributed by atoms with Gasteiger partial charge in [0.2, 0.25) is 0 Å². The maximum absolute atomic E-state index is 5.16. The zero-order chi connectivity index (χ0) is 29.3. The van der Waals surface area contributed by atoms with Gasteiger partial charge in [-0.3, -0.25) is 0 Å². The van der Waals surface area contributed by atoms with Crippen molar-refractivity contribution in [1.29, 1.82) is 0 Å². The lowest BCUT2D eigenvalue weighted by molar-refractivity contribution is 1.18. The van der Waals surface area contributed by atoms with Crippen molar-refractivity contribution in [2.24, 2.45) is 0 Å². The number of aromatic nitrogens is 3. The second kappa shape index (κ2) is 11.0. The van der Waals surface area contributed by atoms with Gasteiger partial charge in [0.1, 0.15) is 0 Å². The minimum atomic E-state index is 0.694. The smallest absolute Gasteiger partial charge is 0.160 e. The highest BCUT2D eigenvalue weighted by Gasteiger charge is 2.14. The van der Waals surface area contributed by atoms with E-state index in [0.29, 0.717) is 5.82 Å². The third-order valence-corrected chi connectivity index (χ3v) is 8.09. The van der Waals surface area contributed by atoms with Crippen molar-refractivity contribution in [3.05, 3.63) is 164 Å². The molecule has 0 fully saturated rings. The summed E-state index contributed by atoms with van der Waals surface area (Å²) in [5, 5.41) is 3.60. The van der Waals surface area contributed by atoms with Crippen LogP contribution in [0.1, 0.15) is 0 Å². The van der Waals surface area contributed by atoms with Gasteiger partial charge >= 0.3 is 0 Å². The molecule has 206 valence electrons. The minimum Gasteiger partial charge on any atom is -0.248 e. The third kappa shape index (κ3) is 4.81. The lowest BCUT2D eigenvalue weighted by Crippen LogP contribution is -1.96. The predicted octanol–water partition coefficient (Wildman–Crippen LogP) is 10.5. The standard InChI is InChI=1S/C41H27N3/c1-4-12-28(13-5-1)35-26-37(42-36-25-24-29-14-10-11-19-34(29)40(35)36)32-20-22-33(23-21-32)41-43-38(30-15-6-2-7-16-30)27-39(44-41)31-17-8-3-9-18-31/h1-27H. The number of fused-ring (bicyclic) bond motifs is 3. The van der Waals surface area contributed by atoms with Crippen LogP contribution in [0.25, 0.3) is 78.0 Å². The first-order chi connectivity index (χ1) is 21.8. The van der Waals surface area contributed by atoms with Crippen LogP contribution in [0.5, 0.6) is 0 Å². The van der Waals surface area contributed by atoms with Crippen molar-refractivity contribution < 1.29 is 0 Å². The zero-order valence-corrected chi connectivity index (χ0v) is 23.9. The Morgan fingerprint density at radius 3 is 1.48 bits per heavy atom. The van der Waals surface area contributed by atoms with Crippen LogP contribution in [-0.2, 0) is 0 Å². The van der Waals surface area contributed by atoms with E-state index in [-0.39, 0.29) is 0 Å². The number of pyridine rings is 1. The SMILES string of the molecule is c1ccc(-c2cc(-c3ccccc3)nc(-c3ccc(-c4cc(-c5ccccc5)c5c(ccc6ccccc65)n4)cc3)n2)cc1. The van der Waals surface area contributed by atoms with E-state index in [4.69, 9.17) is 15.0 Å². The first kappa shape index (κ1) is 25.8. The van der Waals surface area contributed by atoms with Crippen molar-refractivity contribution in [3.8, 4) is 56.3 Å². The second-order valence-electron chi connectivity index (χ2n) is 10.9. The van der Waals surface area contributed by atoms with Gasteiger partial charge < -0.3 is 0 Å². The Kier molecular flexibility index (Phi) is 6.47. The van der Waals surface area contributed by atoms with Crippen LogP contribution in [0.15, 0.2) is 164 Å². The van der Waals surface area contributed by atoms with Crippen molar-refractivity contribution in [1.82, 2.24) is 15.0 Å². The fourth-order valence-electron chi connectivity index (χ4n) is 5.88. The highest BCUT2D eigenvalue weighted by molar-refractivity contribution is 6.13. The molecule has 3 nitrogen and oxygen atoms in total. The summed E-state index contributed by atoms with van der Waals surface area (Å²) in [5.41, 5.74) is 10.2. The number of nitrogens with zero attached hydrogens (tertiary/aromatic N) is 3. The third-order valence-electron chi connectivity index (χ3n) is 8.09. The largest absolute Gasteiger partial charge is 0.248 e. The maximum atomic E-state index is 5.16. The van der Waals surface area contributed by atoms with Crippen molar-refractivity contribution in [3.63, 3.8) is 0 Å². The summed E-state index contributed by atoms with van der Waals surface area (Å²) in [4.78, 5) is 15.2. The average Bonchev–Trinajstić information content (AvgIpc) is 3.12. The molecule has 0 spiro atoms. The number of hydrogen-bond donors (Lipinski definition) is 0. The Balaban J connectivity index is 1.25. The minimum absolute atomic E-state index is 0.694. The molecule has 0 aliphatic carbocycles. The van der Waals surface area contributed by atoms with Gasteiger partial charge in [0.05, 0.1) is 22.6 Å². The first-order valence-electron chi connectivity index (χ1n) is 14.8. The summed E-state index contributed by atoms with van der Waals surface area (Å²) < 4.78 is 0. The number of benzene rings is 6. The molecule has 0 bridgehead atoms. The Bertz CT molecular complexity index is 2190. The maximum Gasteiger partial charge on any atom is 0.160 e. The number of rotatable bonds is 5. The molecule has 2 aromatic heterocycles. The molecule has 3 heteroatoms. The van der Waals surface area contributed by atoms with Crippen LogP contribution in [0, 0.1) is 0 Å². The highest BCUT2D eigenvalue weighted by Crippen LogP contribution is 2.37. The topological polar surface area (TPSA) is 38.7 Å². The van der Waals surface area contributed by atoms with Crippen LogP contribution in [-0.4, -0.2) is 15.0 Å². The normalized spacial score (nSPS) is 11.2. The molecule has 0 N–H and O–H groups in total. The Hall–Kier alpha value is -5.93. The van der Waals surface area contributed by atoms with Crippen LogP contribution in [0.3, 0.4) is 0 Å². The predicted molar refractivity (Wildman–Crippen MR) is 182 cm³/mol. The van der Waals surface area contributed by atoms with E-state index in [1.165, 1.54) is 27.3 Å². The second-order valence-corrected chi connectivity index (χ2v) is 10.9. The molecule has 2 heterocycles. The van der Waals surface area contributed by atoms with E-state index in [1.807, 2.05) is 36.4 Å². The lowest BCUT2D eigenvalue weighted by atomic mass is 9.94. The zero-order valence-electron chi connectivity index (χ0n) is 23.9. The van der Waals surface area contributed by atoms with Gasteiger partial charge in [-0.15, -0.1) is 0 Å². The highest BCUT2D eigenvalue weighted by atomic mass is 14.9.